The van der Waals surface area contributed by atoms with Crippen molar-refractivity contribution in [1.82, 2.24) is 4.57 Å². The summed E-state index contributed by atoms with van der Waals surface area (Å²) in [6.07, 6.45) is 0. The van der Waals surface area contributed by atoms with Gasteiger partial charge in [-0.2, -0.15) is 0 Å². The third-order valence-corrected chi connectivity index (χ3v) is 5.99. The highest BCUT2D eigenvalue weighted by atomic mass is 35.5. The van der Waals surface area contributed by atoms with Crippen LogP contribution in [0.1, 0.15) is 15.9 Å². The van der Waals surface area contributed by atoms with E-state index in [0.29, 0.717) is 33.6 Å². The molecule has 4 nitrogen and oxygen atoms in total. The molecule has 0 aliphatic heterocycles. The molecule has 5 heteroatoms. The Bertz CT molecular complexity index is 1450. The molecule has 0 amide bonds. The standard InChI is InChI=1S/C27H20ClNO3/c1-32-27(31)25-21(18-11-13-19(28)14-12-18)15-23(30)24-20-9-5-6-10-22(20)29(26(24)25)16-17-7-3-2-4-8-17/h2-15,30H,16H2,1H3. The summed E-state index contributed by atoms with van der Waals surface area (Å²) in [5.74, 6) is -0.349. The number of phenols is 1. The number of carbonyl (C=O) groups excluding carboxylic acids is 1. The lowest BCUT2D eigenvalue weighted by atomic mass is 9.96. The number of methoxy groups -OCH3 is 1. The van der Waals surface area contributed by atoms with Crippen LogP contribution < -0.4 is 0 Å². The quantitative estimate of drug-likeness (QED) is 0.317. The van der Waals surface area contributed by atoms with Gasteiger partial charge >= 0.3 is 5.97 Å². The van der Waals surface area contributed by atoms with Gasteiger partial charge in [0.2, 0.25) is 0 Å². The fourth-order valence-electron chi connectivity index (χ4n) is 4.33. The van der Waals surface area contributed by atoms with Gasteiger partial charge in [-0.1, -0.05) is 72.3 Å². The van der Waals surface area contributed by atoms with E-state index in [2.05, 4.69) is 4.57 Å². The van der Waals surface area contributed by atoms with Crippen LogP contribution in [0.3, 0.4) is 0 Å². The second-order valence-corrected chi connectivity index (χ2v) is 8.07. The number of fused-ring (bicyclic) bond motifs is 3. The van der Waals surface area contributed by atoms with Crippen LogP contribution in [0.15, 0.2) is 84.9 Å². The second-order valence-electron chi connectivity index (χ2n) is 7.63. The lowest BCUT2D eigenvalue weighted by Crippen LogP contribution is -2.09. The SMILES string of the molecule is COC(=O)c1c(-c2ccc(Cl)cc2)cc(O)c2c3ccccc3n(Cc3ccccc3)c12. The zero-order valence-corrected chi connectivity index (χ0v) is 18.1. The molecular formula is C27H20ClNO3. The first kappa shape index (κ1) is 20.2. The number of hydrogen-bond donors (Lipinski definition) is 1. The van der Waals surface area contributed by atoms with E-state index in [-0.39, 0.29) is 5.75 Å². The second kappa shape index (κ2) is 8.06. The molecule has 0 aliphatic rings. The van der Waals surface area contributed by atoms with E-state index in [1.165, 1.54) is 7.11 Å². The largest absolute Gasteiger partial charge is 0.507 e. The van der Waals surface area contributed by atoms with Crippen molar-refractivity contribution in [2.45, 2.75) is 6.54 Å². The molecule has 0 saturated heterocycles. The zero-order valence-electron chi connectivity index (χ0n) is 17.4. The maximum Gasteiger partial charge on any atom is 0.340 e. The van der Waals surface area contributed by atoms with Crippen molar-refractivity contribution in [2.24, 2.45) is 0 Å². The monoisotopic (exact) mass is 441 g/mol. The van der Waals surface area contributed by atoms with Crippen LogP contribution in [0, 0.1) is 0 Å². The van der Waals surface area contributed by atoms with Gasteiger partial charge in [0.1, 0.15) is 5.75 Å². The molecule has 0 bridgehead atoms. The van der Waals surface area contributed by atoms with E-state index < -0.39 is 5.97 Å². The van der Waals surface area contributed by atoms with Gasteiger partial charge in [0.05, 0.1) is 23.6 Å². The van der Waals surface area contributed by atoms with E-state index in [0.717, 1.165) is 22.0 Å². The molecule has 1 aromatic heterocycles. The Labute approximate surface area is 190 Å². The Morgan fingerprint density at radius 2 is 1.66 bits per heavy atom. The van der Waals surface area contributed by atoms with Crippen molar-refractivity contribution in [2.75, 3.05) is 7.11 Å². The van der Waals surface area contributed by atoms with Crippen LogP contribution in [-0.2, 0) is 11.3 Å². The molecule has 158 valence electrons. The predicted molar refractivity (Wildman–Crippen MR) is 128 cm³/mol. The number of aromatic hydroxyl groups is 1. The minimum Gasteiger partial charge on any atom is -0.507 e. The molecule has 5 rings (SSSR count). The van der Waals surface area contributed by atoms with E-state index in [1.54, 1.807) is 18.2 Å². The summed E-state index contributed by atoms with van der Waals surface area (Å²) in [6, 6.07) is 26.7. The molecule has 0 spiro atoms. The van der Waals surface area contributed by atoms with Gasteiger partial charge in [-0.15, -0.1) is 0 Å². The molecule has 0 atom stereocenters. The number of halogens is 1. The van der Waals surface area contributed by atoms with Gasteiger partial charge in [-0.3, -0.25) is 0 Å². The first-order valence-corrected chi connectivity index (χ1v) is 10.6. The zero-order chi connectivity index (χ0) is 22.2. The average molecular weight is 442 g/mol. The van der Waals surface area contributed by atoms with E-state index in [4.69, 9.17) is 16.3 Å². The van der Waals surface area contributed by atoms with Crippen LogP contribution >= 0.6 is 11.6 Å². The van der Waals surface area contributed by atoms with Gasteiger partial charge in [0.15, 0.2) is 0 Å². The van der Waals surface area contributed by atoms with Crippen molar-refractivity contribution < 1.29 is 14.6 Å². The summed E-state index contributed by atoms with van der Waals surface area (Å²) in [7, 11) is 1.37. The van der Waals surface area contributed by atoms with Crippen molar-refractivity contribution in [3.63, 3.8) is 0 Å². The predicted octanol–water partition coefficient (Wildman–Crippen LogP) is 6.66. The lowest BCUT2D eigenvalue weighted by molar-refractivity contribution is 0.0603. The Morgan fingerprint density at radius 1 is 0.969 bits per heavy atom. The van der Waals surface area contributed by atoms with Crippen LogP contribution in [0.25, 0.3) is 32.9 Å². The molecule has 0 unspecified atom stereocenters. The van der Waals surface area contributed by atoms with Gasteiger partial charge in [-0.25, -0.2) is 4.79 Å². The molecule has 1 heterocycles. The fourth-order valence-corrected chi connectivity index (χ4v) is 4.45. The highest BCUT2D eigenvalue weighted by molar-refractivity contribution is 6.30. The smallest absolute Gasteiger partial charge is 0.340 e. The maximum absolute atomic E-state index is 13.1. The van der Waals surface area contributed by atoms with Crippen molar-refractivity contribution >= 4 is 39.4 Å². The highest BCUT2D eigenvalue weighted by Crippen LogP contribution is 2.42. The number of rotatable bonds is 4. The number of esters is 1. The number of nitrogens with zero attached hydrogens (tertiary/aromatic N) is 1. The average Bonchev–Trinajstić information content (AvgIpc) is 3.14. The maximum atomic E-state index is 13.1. The Kier molecular flexibility index (Phi) is 5.08. The topological polar surface area (TPSA) is 51.5 Å². The number of para-hydroxylation sites is 1. The number of ether oxygens (including phenoxy) is 1. The fraction of sp³-hybridized carbons (Fsp3) is 0.0741. The third-order valence-electron chi connectivity index (χ3n) is 5.74. The number of aromatic nitrogens is 1. The van der Waals surface area contributed by atoms with Crippen LogP contribution in [0.5, 0.6) is 5.75 Å². The molecule has 0 fully saturated rings. The molecule has 32 heavy (non-hydrogen) atoms. The number of hydrogen-bond acceptors (Lipinski definition) is 3. The molecule has 0 saturated carbocycles. The Morgan fingerprint density at radius 3 is 2.38 bits per heavy atom. The summed E-state index contributed by atoms with van der Waals surface area (Å²) in [5, 5.41) is 13.2. The normalized spacial score (nSPS) is 11.2. The number of carbonyl (C=O) groups is 1. The number of benzene rings is 4. The molecule has 4 aromatic carbocycles. The molecule has 1 N–H and O–H groups in total. The molecular weight excluding hydrogens is 422 g/mol. The summed E-state index contributed by atoms with van der Waals surface area (Å²) < 4.78 is 7.29. The summed E-state index contributed by atoms with van der Waals surface area (Å²) in [4.78, 5) is 13.1. The van der Waals surface area contributed by atoms with Crippen molar-refractivity contribution in [3.8, 4) is 16.9 Å². The van der Waals surface area contributed by atoms with Crippen molar-refractivity contribution in [3.05, 3.63) is 101 Å². The first-order chi connectivity index (χ1) is 15.6. The number of phenolic OH excluding ortho intramolecular Hbond substituents is 1. The lowest BCUT2D eigenvalue weighted by Gasteiger charge is -2.15. The molecule has 5 aromatic rings. The Hall–Kier alpha value is -3.76. The summed E-state index contributed by atoms with van der Waals surface area (Å²) >= 11 is 6.08. The van der Waals surface area contributed by atoms with E-state index in [9.17, 15) is 9.90 Å². The van der Waals surface area contributed by atoms with Gasteiger partial charge < -0.3 is 14.4 Å². The van der Waals surface area contributed by atoms with Gasteiger partial charge in [-0.05, 0) is 35.4 Å². The highest BCUT2D eigenvalue weighted by Gasteiger charge is 2.25. The first-order valence-electron chi connectivity index (χ1n) is 10.2. The van der Waals surface area contributed by atoms with Crippen LogP contribution in [-0.4, -0.2) is 22.8 Å². The summed E-state index contributed by atoms with van der Waals surface area (Å²) in [5.41, 5.74) is 4.43. The van der Waals surface area contributed by atoms with Gasteiger partial charge in [0, 0.05) is 28.0 Å². The van der Waals surface area contributed by atoms with E-state index in [1.807, 2.05) is 66.7 Å². The van der Waals surface area contributed by atoms with Crippen LogP contribution in [0.4, 0.5) is 0 Å². The van der Waals surface area contributed by atoms with E-state index >= 15 is 0 Å². The van der Waals surface area contributed by atoms with Gasteiger partial charge in [0.25, 0.3) is 0 Å². The minimum absolute atomic E-state index is 0.112. The molecule has 0 radical (unpaired) electrons. The summed E-state index contributed by atoms with van der Waals surface area (Å²) in [6.45, 7) is 0.540. The third kappa shape index (κ3) is 3.29. The van der Waals surface area contributed by atoms with Crippen LogP contribution in [0.2, 0.25) is 5.02 Å². The Balaban J connectivity index is 1.92. The molecule has 0 aliphatic carbocycles. The van der Waals surface area contributed by atoms with Crippen molar-refractivity contribution in [1.29, 1.82) is 0 Å². The minimum atomic E-state index is -0.461.